The number of aromatic nitrogens is 2. The lowest BCUT2D eigenvalue weighted by molar-refractivity contribution is -0.137. The zero-order valence-corrected chi connectivity index (χ0v) is 15.2. The van der Waals surface area contributed by atoms with Gasteiger partial charge in [0.1, 0.15) is 4.21 Å². The van der Waals surface area contributed by atoms with Gasteiger partial charge in [-0.1, -0.05) is 0 Å². The molecule has 0 bridgehead atoms. The van der Waals surface area contributed by atoms with Gasteiger partial charge < -0.3 is 4.42 Å². The van der Waals surface area contributed by atoms with Crippen molar-refractivity contribution in [2.45, 2.75) is 29.1 Å². The van der Waals surface area contributed by atoms with Crippen LogP contribution in [0.3, 0.4) is 0 Å². The number of halogens is 3. The van der Waals surface area contributed by atoms with E-state index in [1.54, 1.807) is 6.07 Å². The number of rotatable bonds is 5. The molecule has 142 valence electrons. The number of nitrogens with zero attached hydrogens (tertiary/aromatic N) is 2. The van der Waals surface area contributed by atoms with E-state index in [-0.39, 0.29) is 21.7 Å². The number of nitrogens with one attached hydrogen (secondary N) is 1. The molecular formula is C16H12F3N3O3S2. The normalized spacial score (nSPS) is 15.1. The second-order valence-corrected chi connectivity index (χ2v) is 9.01. The first-order chi connectivity index (χ1) is 12.7. The number of alkyl halides is 3. The van der Waals surface area contributed by atoms with E-state index in [9.17, 15) is 21.6 Å². The highest BCUT2D eigenvalue weighted by atomic mass is 32.2. The van der Waals surface area contributed by atoms with Crippen LogP contribution < -0.4 is 4.72 Å². The molecule has 1 N–H and O–H groups in total. The summed E-state index contributed by atoms with van der Waals surface area (Å²) in [4.78, 5) is 0.502. The summed E-state index contributed by atoms with van der Waals surface area (Å²) in [6, 6.07) is 6.69. The van der Waals surface area contributed by atoms with Crippen LogP contribution in [0.2, 0.25) is 0 Å². The fourth-order valence-electron chi connectivity index (χ4n) is 2.34. The van der Waals surface area contributed by atoms with Crippen LogP contribution in [-0.4, -0.2) is 18.6 Å². The van der Waals surface area contributed by atoms with Crippen LogP contribution in [-0.2, 0) is 16.2 Å². The third kappa shape index (κ3) is 3.83. The average Bonchev–Trinajstić information content (AvgIpc) is 3.12. The minimum Gasteiger partial charge on any atom is -0.420 e. The number of hydrogen-bond acceptors (Lipinski definition) is 6. The standard InChI is InChI=1S/C16H12F3N3O3S2/c17-16(18,19)10-3-5-11(6-4-10)22-27(23,24)13-8-7-12(26-13)15-21-20-14(25-15)9-1-2-9/h3-9,22H,1-2H2. The molecular weight excluding hydrogens is 403 g/mol. The van der Waals surface area contributed by atoms with Gasteiger partial charge in [-0.3, -0.25) is 4.72 Å². The molecule has 0 atom stereocenters. The summed E-state index contributed by atoms with van der Waals surface area (Å²) in [6.07, 6.45) is -2.48. The molecule has 11 heteroatoms. The Bertz CT molecular complexity index is 1070. The van der Waals surface area contributed by atoms with Crippen molar-refractivity contribution in [3.63, 3.8) is 0 Å². The minimum absolute atomic E-state index is 0.0106. The Balaban J connectivity index is 1.52. The second-order valence-electron chi connectivity index (χ2n) is 6.02. The maximum Gasteiger partial charge on any atom is 0.416 e. The molecule has 0 unspecified atom stereocenters. The highest BCUT2D eigenvalue weighted by Crippen LogP contribution is 2.41. The predicted octanol–water partition coefficient (Wildman–Crippen LogP) is 4.50. The topological polar surface area (TPSA) is 85.1 Å². The fourth-order valence-corrected chi connectivity index (χ4v) is 4.63. The van der Waals surface area contributed by atoms with Crippen molar-refractivity contribution in [3.8, 4) is 10.8 Å². The molecule has 1 aliphatic rings. The Morgan fingerprint density at radius 1 is 1.07 bits per heavy atom. The summed E-state index contributed by atoms with van der Waals surface area (Å²) in [7, 11) is -3.95. The Kier molecular flexibility index (Phi) is 4.22. The molecule has 3 aromatic rings. The number of sulfonamides is 1. The van der Waals surface area contributed by atoms with Crippen LogP contribution in [0.4, 0.5) is 18.9 Å². The summed E-state index contributed by atoms with van der Waals surface area (Å²) in [5.74, 6) is 1.08. The monoisotopic (exact) mass is 415 g/mol. The van der Waals surface area contributed by atoms with E-state index >= 15 is 0 Å². The van der Waals surface area contributed by atoms with Gasteiger partial charge in [0.25, 0.3) is 15.9 Å². The first kappa shape index (κ1) is 18.0. The van der Waals surface area contributed by atoms with Crippen LogP contribution in [0, 0.1) is 0 Å². The van der Waals surface area contributed by atoms with E-state index in [2.05, 4.69) is 14.9 Å². The van der Waals surface area contributed by atoms with Gasteiger partial charge in [-0.25, -0.2) is 8.42 Å². The van der Waals surface area contributed by atoms with Crippen molar-refractivity contribution >= 4 is 27.0 Å². The Labute approximate surface area is 156 Å². The van der Waals surface area contributed by atoms with Crippen molar-refractivity contribution in [2.75, 3.05) is 4.72 Å². The van der Waals surface area contributed by atoms with Gasteiger partial charge >= 0.3 is 6.18 Å². The van der Waals surface area contributed by atoms with Gasteiger partial charge in [0, 0.05) is 11.6 Å². The molecule has 6 nitrogen and oxygen atoms in total. The maximum atomic E-state index is 12.6. The first-order valence-electron chi connectivity index (χ1n) is 7.86. The van der Waals surface area contributed by atoms with Crippen molar-refractivity contribution in [2.24, 2.45) is 0 Å². The molecule has 0 radical (unpaired) electrons. The number of anilines is 1. The Hall–Kier alpha value is -2.40. The Morgan fingerprint density at radius 2 is 1.78 bits per heavy atom. The predicted molar refractivity (Wildman–Crippen MR) is 91.8 cm³/mol. The molecule has 27 heavy (non-hydrogen) atoms. The lowest BCUT2D eigenvalue weighted by atomic mass is 10.2. The van der Waals surface area contributed by atoms with Crippen LogP contribution >= 0.6 is 11.3 Å². The van der Waals surface area contributed by atoms with Crippen molar-refractivity contribution in [1.29, 1.82) is 0 Å². The van der Waals surface area contributed by atoms with Gasteiger partial charge in [-0.15, -0.1) is 21.5 Å². The molecule has 4 rings (SSSR count). The molecule has 0 saturated heterocycles. The molecule has 1 saturated carbocycles. The van der Waals surface area contributed by atoms with Gasteiger partial charge in [0.15, 0.2) is 0 Å². The largest absolute Gasteiger partial charge is 0.420 e. The van der Waals surface area contributed by atoms with E-state index in [1.165, 1.54) is 6.07 Å². The van der Waals surface area contributed by atoms with Gasteiger partial charge in [0.05, 0.1) is 10.4 Å². The van der Waals surface area contributed by atoms with Crippen LogP contribution in [0.1, 0.15) is 30.2 Å². The highest BCUT2D eigenvalue weighted by Gasteiger charge is 2.31. The summed E-state index contributed by atoms with van der Waals surface area (Å²) >= 11 is 0.938. The lowest BCUT2D eigenvalue weighted by Gasteiger charge is -2.09. The number of hydrogen-bond donors (Lipinski definition) is 1. The smallest absolute Gasteiger partial charge is 0.416 e. The molecule has 0 spiro atoms. The molecule has 2 heterocycles. The molecule has 1 fully saturated rings. The molecule has 0 aliphatic heterocycles. The molecule has 2 aromatic heterocycles. The van der Waals surface area contributed by atoms with Crippen molar-refractivity contribution in [1.82, 2.24) is 10.2 Å². The summed E-state index contributed by atoms with van der Waals surface area (Å²) in [6.45, 7) is 0. The SMILES string of the molecule is O=S(=O)(Nc1ccc(C(F)(F)F)cc1)c1ccc(-c2nnc(C3CC3)o2)s1. The zero-order chi connectivity index (χ0) is 19.2. The zero-order valence-electron chi connectivity index (χ0n) is 13.5. The number of benzene rings is 1. The van der Waals surface area contributed by atoms with E-state index in [0.717, 1.165) is 48.4 Å². The van der Waals surface area contributed by atoms with Crippen molar-refractivity contribution in [3.05, 3.63) is 47.9 Å². The summed E-state index contributed by atoms with van der Waals surface area (Å²) in [5, 5.41) is 7.89. The van der Waals surface area contributed by atoms with Gasteiger partial charge in [0.2, 0.25) is 5.89 Å². The van der Waals surface area contributed by atoms with Crippen molar-refractivity contribution < 1.29 is 26.0 Å². The third-order valence-corrected chi connectivity index (χ3v) is 6.84. The fraction of sp³-hybridized carbons (Fsp3) is 0.250. The first-order valence-corrected chi connectivity index (χ1v) is 10.2. The minimum atomic E-state index is -4.48. The van der Waals surface area contributed by atoms with Crippen LogP contribution in [0.25, 0.3) is 10.8 Å². The molecule has 0 amide bonds. The lowest BCUT2D eigenvalue weighted by Crippen LogP contribution is -2.12. The van der Waals surface area contributed by atoms with Crippen LogP contribution in [0.5, 0.6) is 0 Å². The van der Waals surface area contributed by atoms with Crippen LogP contribution in [0.15, 0.2) is 45.0 Å². The third-order valence-electron chi connectivity index (χ3n) is 3.89. The molecule has 1 aliphatic carbocycles. The highest BCUT2D eigenvalue weighted by molar-refractivity contribution is 7.94. The Morgan fingerprint density at radius 3 is 2.41 bits per heavy atom. The second kappa shape index (κ2) is 6.34. The van der Waals surface area contributed by atoms with E-state index in [0.29, 0.717) is 10.8 Å². The summed E-state index contributed by atoms with van der Waals surface area (Å²) in [5.41, 5.74) is -0.821. The van der Waals surface area contributed by atoms with E-state index in [1.807, 2.05) is 0 Å². The average molecular weight is 415 g/mol. The van der Waals surface area contributed by atoms with E-state index < -0.39 is 21.8 Å². The van der Waals surface area contributed by atoms with E-state index in [4.69, 9.17) is 4.42 Å². The van der Waals surface area contributed by atoms with Gasteiger partial charge in [-0.05, 0) is 49.2 Å². The summed E-state index contributed by atoms with van der Waals surface area (Å²) < 4.78 is 70.5. The quantitative estimate of drug-likeness (QED) is 0.663. The number of thiophene rings is 1. The van der Waals surface area contributed by atoms with Gasteiger partial charge in [-0.2, -0.15) is 13.2 Å². The maximum absolute atomic E-state index is 12.6. The molecule has 1 aromatic carbocycles.